The van der Waals surface area contributed by atoms with Crippen molar-refractivity contribution in [2.75, 3.05) is 30.3 Å². The van der Waals surface area contributed by atoms with Crippen LogP contribution in [0.3, 0.4) is 0 Å². The average Bonchev–Trinajstić information content (AvgIpc) is 2.76. The number of nitrogens with one attached hydrogen (secondary N) is 2. The van der Waals surface area contributed by atoms with Crippen LogP contribution in [0.2, 0.25) is 0 Å². The van der Waals surface area contributed by atoms with Gasteiger partial charge in [-0.1, -0.05) is 12.1 Å². The van der Waals surface area contributed by atoms with Gasteiger partial charge in [0.15, 0.2) is 6.61 Å². The number of carbonyl (C=O) groups excluding carboxylic acids is 2. The second kappa shape index (κ2) is 8.55. The van der Waals surface area contributed by atoms with Crippen LogP contribution >= 0.6 is 0 Å². The molecule has 2 aromatic carbocycles. The molecule has 1 atom stereocenters. The molecule has 0 radical (unpaired) electrons. The summed E-state index contributed by atoms with van der Waals surface area (Å²) in [6, 6.07) is 8.79. The number of aryl methyl sites for hydroxylation is 2. The lowest BCUT2D eigenvalue weighted by atomic mass is 9.98. The third-order valence-electron chi connectivity index (χ3n) is 6.15. The first kappa shape index (κ1) is 22.3. The van der Waals surface area contributed by atoms with E-state index in [1.54, 1.807) is 13.0 Å². The lowest BCUT2D eigenvalue weighted by Gasteiger charge is -2.32. The molecule has 1 fully saturated rings. The number of ether oxygens (including phenoxy) is 1. The zero-order chi connectivity index (χ0) is 23.0. The molecule has 2 amide bonds. The zero-order valence-corrected chi connectivity index (χ0v) is 19.2. The quantitative estimate of drug-likeness (QED) is 0.734. The highest BCUT2D eigenvalue weighted by Crippen LogP contribution is 2.35. The van der Waals surface area contributed by atoms with Crippen LogP contribution in [0.25, 0.3) is 0 Å². The topological polar surface area (TPSA) is 105 Å². The van der Waals surface area contributed by atoms with Crippen molar-refractivity contribution in [1.82, 2.24) is 4.31 Å². The summed E-state index contributed by atoms with van der Waals surface area (Å²) in [5.41, 5.74) is 3.80. The van der Waals surface area contributed by atoms with Gasteiger partial charge in [-0.3, -0.25) is 9.59 Å². The van der Waals surface area contributed by atoms with Gasteiger partial charge in [0.2, 0.25) is 15.9 Å². The van der Waals surface area contributed by atoms with E-state index in [9.17, 15) is 18.0 Å². The Morgan fingerprint density at radius 1 is 1.19 bits per heavy atom. The number of hydrogen-bond acceptors (Lipinski definition) is 5. The molecule has 8 nitrogen and oxygen atoms in total. The highest BCUT2D eigenvalue weighted by atomic mass is 32.2. The molecule has 0 bridgehead atoms. The molecular formula is C23H27N3O5S. The highest BCUT2D eigenvalue weighted by molar-refractivity contribution is 7.89. The summed E-state index contributed by atoms with van der Waals surface area (Å²) < 4.78 is 33.6. The van der Waals surface area contributed by atoms with Gasteiger partial charge in [0.25, 0.3) is 5.91 Å². The van der Waals surface area contributed by atoms with Crippen LogP contribution in [0, 0.1) is 26.7 Å². The first-order valence-corrected chi connectivity index (χ1v) is 12.1. The lowest BCUT2D eigenvalue weighted by molar-refractivity contribution is -0.121. The monoisotopic (exact) mass is 457 g/mol. The number of piperidine rings is 1. The van der Waals surface area contributed by atoms with Crippen molar-refractivity contribution in [3.63, 3.8) is 0 Å². The van der Waals surface area contributed by atoms with E-state index >= 15 is 0 Å². The van der Waals surface area contributed by atoms with Crippen LogP contribution < -0.4 is 15.4 Å². The molecule has 0 spiro atoms. The fourth-order valence-corrected chi connectivity index (χ4v) is 5.87. The van der Waals surface area contributed by atoms with E-state index in [4.69, 9.17) is 4.74 Å². The number of nitrogens with zero attached hydrogens (tertiary/aromatic N) is 1. The maximum Gasteiger partial charge on any atom is 0.262 e. The maximum atomic E-state index is 13.4. The van der Waals surface area contributed by atoms with E-state index < -0.39 is 15.9 Å². The Morgan fingerprint density at radius 2 is 1.97 bits per heavy atom. The number of amides is 2. The minimum atomic E-state index is -3.83. The molecule has 0 unspecified atom stereocenters. The van der Waals surface area contributed by atoms with Crippen LogP contribution in [0.4, 0.5) is 11.4 Å². The van der Waals surface area contributed by atoms with Crippen molar-refractivity contribution in [3.8, 4) is 5.75 Å². The first-order valence-electron chi connectivity index (χ1n) is 10.6. The predicted octanol–water partition coefficient (Wildman–Crippen LogP) is 2.98. The molecule has 4 rings (SSSR count). The Hall–Kier alpha value is -2.91. The van der Waals surface area contributed by atoms with Gasteiger partial charge >= 0.3 is 0 Å². The van der Waals surface area contributed by atoms with Crippen LogP contribution in [0.1, 0.15) is 29.5 Å². The fraction of sp³-hybridized carbons (Fsp3) is 0.391. The van der Waals surface area contributed by atoms with Gasteiger partial charge in [0.05, 0.1) is 16.5 Å². The molecule has 170 valence electrons. The molecule has 0 saturated carbocycles. The largest absolute Gasteiger partial charge is 0.482 e. The SMILES string of the molecule is Cc1cc2c(cc1S(=O)(=O)N1CCC[C@H](C(=O)Nc3cccc(C)c3C)C1)OCC(=O)N2. The van der Waals surface area contributed by atoms with Crippen molar-refractivity contribution in [2.24, 2.45) is 5.92 Å². The van der Waals surface area contributed by atoms with E-state index in [1.807, 2.05) is 32.0 Å². The number of fused-ring (bicyclic) bond motifs is 1. The van der Waals surface area contributed by atoms with Crippen LogP contribution in [-0.2, 0) is 19.6 Å². The van der Waals surface area contributed by atoms with E-state index in [-0.39, 0.29) is 29.9 Å². The molecule has 2 aliphatic rings. The van der Waals surface area contributed by atoms with E-state index in [0.717, 1.165) is 16.8 Å². The second-order valence-corrected chi connectivity index (χ2v) is 10.3. The summed E-state index contributed by atoms with van der Waals surface area (Å²) >= 11 is 0. The lowest BCUT2D eigenvalue weighted by Crippen LogP contribution is -2.44. The van der Waals surface area contributed by atoms with Gasteiger partial charge in [0, 0.05) is 24.8 Å². The number of rotatable bonds is 4. The minimum Gasteiger partial charge on any atom is -0.482 e. The summed E-state index contributed by atoms with van der Waals surface area (Å²) in [4.78, 5) is 24.6. The molecule has 32 heavy (non-hydrogen) atoms. The molecule has 2 aromatic rings. The van der Waals surface area contributed by atoms with Crippen LogP contribution in [-0.4, -0.2) is 44.2 Å². The Labute approximate surface area is 188 Å². The second-order valence-electron chi connectivity index (χ2n) is 8.39. The number of hydrogen-bond donors (Lipinski definition) is 2. The number of carbonyl (C=O) groups is 2. The fourth-order valence-electron chi connectivity index (χ4n) is 4.13. The summed E-state index contributed by atoms with van der Waals surface area (Å²) in [5, 5.41) is 5.66. The molecule has 0 aromatic heterocycles. The van der Waals surface area contributed by atoms with E-state index in [0.29, 0.717) is 36.4 Å². The van der Waals surface area contributed by atoms with Gasteiger partial charge in [-0.2, -0.15) is 4.31 Å². The molecular weight excluding hydrogens is 430 g/mol. The molecule has 0 aliphatic carbocycles. The van der Waals surface area contributed by atoms with Gasteiger partial charge in [-0.05, 0) is 62.4 Å². The van der Waals surface area contributed by atoms with Crippen molar-refractivity contribution >= 4 is 33.2 Å². The molecule has 2 aliphatic heterocycles. The van der Waals surface area contributed by atoms with Crippen LogP contribution in [0.15, 0.2) is 35.2 Å². The van der Waals surface area contributed by atoms with Gasteiger partial charge < -0.3 is 15.4 Å². The summed E-state index contributed by atoms with van der Waals surface area (Å²) in [6.45, 7) is 5.93. The average molecular weight is 458 g/mol. The summed E-state index contributed by atoms with van der Waals surface area (Å²) in [6.07, 6.45) is 1.22. The summed E-state index contributed by atoms with van der Waals surface area (Å²) in [7, 11) is -3.83. The third kappa shape index (κ3) is 4.22. The Balaban J connectivity index is 1.54. The molecule has 2 N–H and O–H groups in total. The normalized spacial score (nSPS) is 19.0. The van der Waals surface area contributed by atoms with Crippen molar-refractivity contribution in [2.45, 2.75) is 38.5 Å². The number of anilines is 2. The highest BCUT2D eigenvalue weighted by Gasteiger charge is 2.35. The smallest absolute Gasteiger partial charge is 0.262 e. The summed E-state index contributed by atoms with van der Waals surface area (Å²) in [5.74, 6) is -0.560. The molecule has 1 saturated heterocycles. The standard InChI is InChI=1S/C23H27N3O5S/c1-14-6-4-8-18(16(14)3)25-23(28)17-7-5-9-26(12-17)32(29,30)21-11-20-19(10-15(21)2)24-22(27)13-31-20/h4,6,8,10-11,17H,5,7,9,12-13H2,1-3H3,(H,24,27)(H,25,28)/t17-/m0/s1. The number of sulfonamides is 1. The Bertz CT molecular complexity index is 1190. The Morgan fingerprint density at radius 3 is 2.75 bits per heavy atom. The van der Waals surface area contributed by atoms with Crippen molar-refractivity contribution in [3.05, 3.63) is 47.0 Å². The van der Waals surface area contributed by atoms with Gasteiger partial charge in [-0.25, -0.2) is 8.42 Å². The Kier molecular flexibility index (Phi) is 5.96. The molecule has 2 heterocycles. The first-order chi connectivity index (χ1) is 15.2. The third-order valence-corrected chi connectivity index (χ3v) is 8.15. The maximum absolute atomic E-state index is 13.4. The van der Waals surface area contributed by atoms with Crippen molar-refractivity contribution in [1.29, 1.82) is 0 Å². The van der Waals surface area contributed by atoms with Crippen LogP contribution in [0.5, 0.6) is 5.75 Å². The minimum absolute atomic E-state index is 0.118. The van der Waals surface area contributed by atoms with E-state index in [2.05, 4.69) is 10.6 Å². The predicted molar refractivity (Wildman–Crippen MR) is 121 cm³/mol. The van der Waals surface area contributed by atoms with E-state index in [1.165, 1.54) is 10.4 Å². The number of benzene rings is 2. The van der Waals surface area contributed by atoms with Gasteiger partial charge in [0.1, 0.15) is 5.75 Å². The zero-order valence-electron chi connectivity index (χ0n) is 18.4. The van der Waals surface area contributed by atoms with Crippen molar-refractivity contribution < 1.29 is 22.7 Å². The van der Waals surface area contributed by atoms with Gasteiger partial charge in [-0.15, -0.1) is 0 Å². The molecule has 9 heteroatoms.